The highest BCUT2D eigenvalue weighted by atomic mass is 16.5. The summed E-state index contributed by atoms with van der Waals surface area (Å²) in [6.45, 7) is 0. The number of methoxy groups -OCH3 is 2. The molecule has 148 valence electrons. The molecule has 0 bridgehead atoms. The third kappa shape index (κ3) is 3.52. The minimum Gasteiger partial charge on any atom is -0.493 e. The number of rotatable bonds is 5. The fourth-order valence-electron chi connectivity index (χ4n) is 3.33. The molecule has 1 aliphatic heterocycles. The van der Waals surface area contributed by atoms with Crippen molar-refractivity contribution in [3.63, 3.8) is 0 Å². The third-order valence-corrected chi connectivity index (χ3v) is 4.77. The molecule has 2 N–H and O–H groups in total. The van der Waals surface area contributed by atoms with Crippen LogP contribution in [0.4, 0.5) is 11.5 Å². The van der Waals surface area contributed by atoms with Crippen LogP contribution in [0.15, 0.2) is 54.7 Å². The number of anilines is 2. The number of nitrogens with one attached hydrogen (secondary N) is 2. The molecule has 3 aromatic rings. The van der Waals surface area contributed by atoms with Crippen molar-refractivity contribution in [2.24, 2.45) is 0 Å². The van der Waals surface area contributed by atoms with E-state index in [9.17, 15) is 9.59 Å². The molecule has 0 aliphatic carbocycles. The van der Waals surface area contributed by atoms with Gasteiger partial charge in [0.25, 0.3) is 0 Å². The van der Waals surface area contributed by atoms with Crippen LogP contribution in [0, 0.1) is 0 Å². The molecule has 2 amide bonds. The number of aromatic nitrogens is 2. The van der Waals surface area contributed by atoms with Crippen LogP contribution in [-0.4, -0.2) is 35.8 Å². The van der Waals surface area contributed by atoms with Crippen LogP contribution in [0.5, 0.6) is 11.5 Å². The summed E-state index contributed by atoms with van der Waals surface area (Å²) in [7, 11) is 3.12. The molecule has 8 nitrogen and oxygen atoms in total. The van der Waals surface area contributed by atoms with E-state index in [0.29, 0.717) is 28.6 Å². The van der Waals surface area contributed by atoms with Crippen molar-refractivity contribution in [1.82, 2.24) is 9.78 Å². The fraction of sp³-hybridized carbons (Fsp3) is 0.190. The fourth-order valence-corrected chi connectivity index (χ4v) is 3.33. The first kappa shape index (κ1) is 18.5. The lowest BCUT2D eigenvalue weighted by molar-refractivity contribution is -0.125. The third-order valence-electron chi connectivity index (χ3n) is 4.77. The van der Waals surface area contributed by atoms with Gasteiger partial charge in [0.15, 0.2) is 11.5 Å². The molecule has 0 saturated heterocycles. The van der Waals surface area contributed by atoms with Crippen LogP contribution in [0.25, 0.3) is 11.1 Å². The van der Waals surface area contributed by atoms with Gasteiger partial charge >= 0.3 is 0 Å². The minimum atomic E-state index is -0.743. The summed E-state index contributed by atoms with van der Waals surface area (Å²) < 4.78 is 12.2. The van der Waals surface area contributed by atoms with Crippen LogP contribution in [0.2, 0.25) is 0 Å². The SMILES string of the molecule is COc1ccc(-c2cnn3c2NC(=O)C[C@@H]3C(=O)Nc2ccccc2)cc1OC. The van der Waals surface area contributed by atoms with Gasteiger partial charge in [-0.3, -0.25) is 9.59 Å². The highest BCUT2D eigenvalue weighted by Crippen LogP contribution is 2.38. The summed E-state index contributed by atoms with van der Waals surface area (Å²) in [6, 6.07) is 13.8. The normalized spacial score (nSPS) is 15.2. The number of hydrogen-bond donors (Lipinski definition) is 2. The molecule has 2 heterocycles. The first-order chi connectivity index (χ1) is 14.1. The number of carbonyl (C=O) groups excluding carboxylic acids is 2. The smallest absolute Gasteiger partial charge is 0.249 e. The van der Waals surface area contributed by atoms with Gasteiger partial charge in [0.05, 0.1) is 26.8 Å². The molecule has 29 heavy (non-hydrogen) atoms. The van der Waals surface area contributed by atoms with Gasteiger partial charge in [-0.2, -0.15) is 5.10 Å². The standard InChI is InChI=1S/C21H20N4O4/c1-28-17-9-8-13(10-18(17)29-2)15-12-22-25-16(11-19(26)24-20(15)25)21(27)23-14-6-4-3-5-7-14/h3-10,12,16H,11H2,1-2H3,(H,23,27)(H,24,26)/t16-/m1/s1. The second kappa shape index (κ2) is 7.67. The zero-order chi connectivity index (χ0) is 20.4. The topological polar surface area (TPSA) is 94.5 Å². The van der Waals surface area contributed by atoms with Crippen molar-refractivity contribution in [3.8, 4) is 22.6 Å². The summed E-state index contributed by atoms with van der Waals surface area (Å²) in [5.41, 5.74) is 2.14. The van der Waals surface area contributed by atoms with Gasteiger partial charge in [-0.15, -0.1) is 0 Å². The van der Waals surface area contributed by atoms with Crippen molar-refractivity contribution >= 4 is 23.3 Å². The van der Waals surface area contributed by atoms with E-state index >= 15 is 0 Å². The van der Waals surface area contributed by atoms with Gasteiger partial charge < -0.3 is 20.1 Å². The largest absolute Gasteiger partial charge is 0.493 e. The van der Waals surface area contributed by atoms with E-state index in [1.165, 1.54) is 0 Å². The Labute approximate surface area is 167 Å². The second-order valence-electron chi connectivity index (χ2n) is 6.54. The van der Waals surface area contributed by atoms with E-state index in [4.69, 9.17) is 9.47 Å². The van der Waals surface area contributed by atoms with Gasteiger partial charge in [0.2, 0.25) is 11.8 Å². The Morgan fingerprint density at radius 1 is 1.14 bits per heavy atom. The molecule has 0 saturated carbocycles. The molecule has 0 spiro atoms. The van der Waals surface area contributed by atoms with Crippen LogP contribution in [-0.2, 0) is 9.59 Å². The quantitative estimate of drug-likeness (QED) is 0.696. The summed E-state index contributed by atoms with van der Waals surface area (Å²) in [6.07, 6.45) is 1.64. The minimum absolute atomic E-state index is 0.0126. The summed E-state index contributed by atoms with van der Waals surface area (Å²) in [4.78, 5) is 25.1. The predicted molar refractivity (Wildman–Crippen MR) is 108 cm³/mol. The Kier molecular flexibility index (Phi) is 4.90. The Hall–Kier alpha value is -3.81. The molecule has 8 heteroatoms. The Bertz CT molecular complexity index is 1060. The first-order valence-electron chi connectivity index (χ1n) is 9.06. The number of carbonyl (C=O) groups is 2. The van der Waals surface area contributed by atoms with Crippen LogP contribution >= 0.6 is 0 Å². The second-order valence-corrected chi connectivity index (χ2v) is 6.54. The summed E-state index contributed by atoms with van der Waals surface area (Å²) >= 11 is 0. The van der Waals surface area contributed by atoms with E-state index in [-0.39, 0.29) is 18.2 Å². The summed E-state index contributed by atoms with van der Waals surface area (Å²) in [5, 5.41) is 10.0. The molecule has 1 aliphatic rings. The molecule has 1 atom stereocenters. The maximum absolute atomic E-state index is 12.8. The zero-order valence-electron chi connectivity index (χ0n) is 16.0. The van der Waals surface area contributed by atoms with Gasteiger partial charge in [-0.05, 0) is 29.8 Å². The average Bonchev–Trinajstić information content (AvgIpc) is 3.17. The molecule has 4 rings (SSSR count). The Morgan fingerprint density at radius 3 is 2.62 bits per heavy atom. The lowest BCUT2D eigenvalue weighted by Crippen LogP contribution is -2.35. The molecule has 0 radical (unpaired) electrons. The van der Waals surface area contributed by atoms with Crippen molar-refractivity contribution in [3.05, 3.63) is 54.7 Å². The number of nitrogens with zero attached hydrogens (tertiary/aromatic N) is 2. The molecular formula is C21H20N4O4. The van der Waals surface area contributed by atoms with E-state index in [1.807, 2.05) is 24.3 Å². The van der Waals surface area contributed by atoms with Crippen LogP contribution in [0.1, 0.15) is 12.5 Å². The number of hydrogen-bond acceptors (Lipinski definition) is 5. The number of para-hydroxylation sites is 1. The highest BCUT2D eigenvalue weighted by molar-refractivity contribution is 6.03. The summed E-state index contributed by atoms with van der Waals surface area (Å²) in [5.74, 6) is 1.09. The van der Waals surface area contributed by atoms with Crippen molar-refractivity contribution < 1.29 is 19.1 Å². The Balaban J connectivity index is 1.68. The van der Waals surface area contributed by atoms with E-state index in [1.54, 1.807) is 49.4 Å². The molecule has 0 fully saturated rings. The molecule has 1 aromatic heterocycles. The van der Waals surface area contributed by atoms with Gasteiger partial charge in [0, 0.05) is 11.3 Å². The maximum Gasteiger partial charge on any atom is 0.249 e. The lowest BCUT2D eigenvalue weighted by Gasteiger charge is -2.24. The van der Waals surface area contributed by atoms with Crippen molar-refractivity contribution in [1.29, 1.82) is 0 Å². The number of ether oxygens (including phenoxy) is 2. The van der Waals surface area contributed by atoms with Gasteiger partial charge in [0.1, 0.15) is 11.9 Å². The Morgan fingerprint density at radius 2 is 1.90 bits per heavy atom. The number of benzene rings is 2. The van der Waals surface area contributed by atoms with Gasteiger partial charge in [-0.25, -0.2) is 4.68 Å². The van der Waals surface area contributed by atoms with Crippen molar-refractivity contribution in [2.45, 2.75) is 12.5 Å². The highest BCUT2D eigenvalue weighted by Gasteiger charge is 2.33. The maximum atomic E-state index is 12.8. The van der Waals surface area contributed by atoms with Gasteiger partial charge in [-0.1, -0.05) is 24.3 Å². The first-order valence-corrected chi connectivity index (χ1v) is 9.06. The number of amides is 2. The van der Waals surface area contributed by atoms with E-state index < -0.39 is 6.04 Å². The number of fused-ring (bicyclic) bond motifs is 1. The predicted octanol–water partition coefficient (Wildman–Crippen LogP) is 3.09. The lowest BCUT2D eigenvalue weighted by atomic mass is 10.1. The van der Waals surface area contributed by atoms with Crippen LogP contribution < -0.4 is 20.1 Å². The molecule has 2 aromatic carbocycles. The average molecular weight is 392 g/mol. The van der Waals surface area contributed by atoms with E-state index in [2.05, 4.69) is 15.7 Å². The van der Waals surface area contributed by atoms with E-state index in [0.717, 1.165) is 5.56 Å². The van der Waals surface area contributed by atoms with Crippen LogP contribution in [0.3, 0.4) is 0 Å². The molecular weight excluding hydrogens is 372 g/mol. The van der Waals surface area contributed by atoms with Crippen molar-refractivity contribution in [2.75, 3.05) is 24.9 Å². The molecule has 0 unspecified atom stereocenters. The monoisotopic (exact) mass is 392 g/mol. The zero-order valence-corrected chi connectivity index (χ0v) is 16.0.